The summed E-state index contributed by atoms with van der Waals surface area (Å²) in [4.78, 5) is 10.0. The number of hydrogen-bond donors (Lipinski definition) is 1. The maximum absolute atomic E-state index is 12.4. The minimum absolute atomic E-state index is 0.0288. The van der Waals surface area contributed by atoms with Gasteiger partial charge in [0.05, 0.1) is 9.82 Å². The lowest BCUT2D eigenvalue weighted by molar-refractivity contribution is -0.385. The number of nitro benzene ring substituents is 1. The van der Waals surface area contributed by atoms with E-state index < -0.39 is 14.9 Å². The fraction of sp³-hybridized carbons (Fsp3) is 0.250. The van der Waals surface area contributed by atoms with E-state index in [0.717, 1.165) is 6.07 Å². The zero-order valence-electron chi connectivity index (χ0n) is 11.4. The highest BCUT2D eigenvalue weighted by Gasteiger charge is 2.22. The Morgan fingerprint density at radius 2 is 2.10 bits per heavy atom. The number of hydrogen-bond acceptors (Lipinski definition) is 6. The van der Waals surface area contributed by atoms with Crippen molar-refractivity contribution in [3.8, 4) is 0 Å². The van der Waals surface area contributed by atoms with Gasteiger partial charge in [-0.15, -0.1) is 0 Å². The van der Waals surface area contributed by atoms with E-state index in [1.165, 1.54) is 18.2 Å². The summed E-state index contributed by atoms with van der Waals surface area (Å²) in [5, 5.41) is 14.3. The average Bonchev–Trinajstić information content (AvgIpc) is 2.82. The number of non-ortho nitro benzene ring substituents is 1. The molecule has 1 heterocycles. The summed E-state index contributed by atoms with van der Waals surface area (Å²) in [6, 6.07) is 5.16. The monoisotopic (exact) mass is 311 g/mol. The summed E-state index contributed by atoms with van der Waals surface area (Å²) < 4.78 is 31.7. The zero-order chi connectivity index (χ0) is 15.6. The Bertz CT molecular complexity index is 782. The van der Waals surface area contributed by atoms with Gasteiger partial charge in [0.15, 0.2) is 5.82 Å². The quantitative estimate of drug-likeness (QED) is 0.669. The Labute approximate surface area is 121 Å². The summed E-state index contributed by atoms with van der Waals surface area (Å²) >= 11 is 0. The van der Waals surface area contributed by atoms with E-state index in [1.807, 2.05) is 0 Å². The Morgan fingerprint density at radius 3 is 2.62 bits per heavy atom. The third kappa shape index (κ3) is 3.19. The molecule has 1 N–H and O–H groups in total. The molecule has 8 nitrogen and oxygen atoms in total. The van der Waals surface area contributed by atoms with E-state index in [2.05, 4.69) is 9.88 Å². The van der Waals surface area contributed by atoms with Gasteiger partial charge in [0.1, 0.15) is 5.76 Å². The highest BCUT2D eigenvalue weighted by molar-refractivity contribution is 7.92. The summed E-state index contributed by atoms with van der Waals surface area (Å²) in [6.45, 7) is 3.38. The molecule has 0 fully saturated rings. The molecular formula is C12H13N3O5S. The first-order valence-corrected chi connectivity index (χ1v) is 7.55. The number of sulfonamides is 1. The van der Waals surface area contributed by atoms with Crippen LogP contribution in [0.4, 0.5) is 11.5 Å². The SMILES string of the molecule is CCc1ccc([N+](=O)[O-])cc1S(=O)(=O)Nc1cc(C)on1. The van der Waals surface area contributed by atoms with Gasteiger partial charge in [-0.1, -0.05) is 18.1 Å². The topological polar surface area (TPSA) is 115 Å². The smallest absolute Gasteiger partial charge is 0.270 e. The van der Waals surface area contributed by atoms with E-state index in [9.17, 15) is 18.5 Å². The molecule has 2 aromatic rings. The largest absolute Gasteiger partial charge is 0.360 e. The second-order valence-electron chi connectivity index (χ2n) is 4.33. The lowest BCUT2D eigenvalue weighted by atomic mass is 10.1. The number of benzene rings is 1. The first-order chi connectivity index (χ1) is 9.83. The third-order valence-electron chi connectivity index (χ3n) is 2.80. The predicted molar refractivity (Wildman–Crippen MR) is 74.5 cm³/mol. The van der Waals surface area contributed by atoms with Gasteiger partial charge < -0.3 is 4.52 Å². The molecule has 21 heavy (non-hydrogen) atoms. The summed E-state index contributed by atoms with van der Waals surface area (Å²) in [7, 11) is -3.98. The summed E-state index contributed by atoms with van der Waals surface area (Å²) in [5.41, 5.74) is 0.192. The maximum atomic E-state index is 12.4. The summed E-state index contributed by atoms with van der Waals surface area (Å²) in [6.07, 6.45) is 0.423. The number of nitrogens with one attached hydrogen (secondary N) is 1. The van der Waals surface area contributed by atoms with Crippen LogP contribution in [-0.4, -0.2) is 18.5 Å². The molecule has 0 radical (unpaired) electrons. The molecule has 1 aromatic heterocycles. The lowest BCUT2D eigenvalue weighted by Gasteiger charge is -2.09. The molecule has 9 heteroatoms. The highest BCUT2D eigenvalue weighted by atomic mass is 32.2. The molecule has 2 rings (SSSR count). The molecule has 0 saturated heterocycles. The Hall–Kier alpha value is -2.42. The van der Waals surface area contributed by atoms with Crippen molar-refractivity contribution in [1.82, 2.24) is 5.16 Å². The number of nitrogens with zero attached hydrogens (tertiary/aromatic N) is 2. The van der Waals surface area contributed by atoms with Crippen molar-refractivity contribution in [2.45, 2.75) is 25.2 Å². The second-order valence-corrected chi connectivity index (χ2v) is 5.98. The van der Waals surface area contributed by atoms with E-state index >= 15 is 0 Å². The molecule has 0 aliphatic rings. The lowest BCUT2D eigenvalue weighted by Crippen LogP contribution is -2.15. The summed E-state index contributed by atoms with van der Waals surface area (Å²) in [5.74, 6) is 0.475. The van der Waals surface area contributed by atoms with Crippen LogP contribution in [0.1, 0.15) is 18.2 Å². The fourth-order valence-corrected chi connectivity index (χ4v) is 3.12. The van der Waals surface area contributed by atoms with Crippen molar-refractivity contribution in [3.05, 3.63) is 45.7 Å². The second kappa shape index (κ2) is 5.52. The van der Waals surface area contributed by atoms with Gasteiger partial charge in [-0.2, -0.15) is 0 Å². The van der Waals surface area contributed by atoms with Crippen molar-refractivity contribution >= 4 is 21.5 Å². The number of rotatable bonds is 5. The molecule has 0 atom stereocenters. The first kappa shape index (κ1) is 15.0. The predicted octanol–water partition coefficient (Wildman–Crippen LogP) is 2.25. The molecule has 1 aromatic carbocycles. The standard InChI is InChI=1S/C12H13N3O5S/c1-3-9-4-5-10(15(16)17)7-11(9)21(18,19)14-12-6-8(2)20-13-12/h4-7H,3H2,1-2H3,(H,13,14). The van der Waals surface area contributed by atoms with Gasteiger partial charge >= 0.3 is 0 Å². The number of aryl methyl sites for hydroxylation is 2. The molecule has 0 aliphatic carbocycles. The van der Waals surface area contributed by atoms with Gasteiger partial charge in [0.2, 0.25) is 0 Å². The van der Waals surface area contributed by atoms with Crippen LogP contribution in [0.3, 0.4) is 0 Å². The molecular weight excluding hydrogens is 298 g/mol. The van der Waals surface area contributed by atoms with Crippen LogP contribution in [0, 0.1) is 17.0 Å². The van der Waals surface area contributed by atoms with Crippen LogP contribution in [-0.2, 0) is 16.4 Å². The number of anilines is 1. The van der Waals surface area contributed by atoms with Crippen LogP contribution in [0.15, 0.2) is 33.7 Å². The maximum Gasteiger partial charge on any atom is 0.270 e. The highest BCUT2D eigenvalue weighted by Crippen LogP contribution is 2.24. The number of aromatic nitrogens is 1. The minimum atomic E-state index is -3.98. The molecule has 0 unspecified atom stereocenters. The molecule has 0 amide bonds. The molecule has 0 saturated carbocycles. The van der Waals surface area contributed by atoms with Crippen LogP contribution in [0.5, 0.6) is 0 Å². The van der Waals surface area contributed by atoms with Crippen molar-refractivity contribution in [1.29, 1.82) is 0 Å². The first-order valence-electron chi connectivity index (χ1n) is 6.07. The van der Waals surface area contributed by atoms with Gasteiger partial charge in [0, 0.05) is 18.2 Å². The van der Waals surface area contributed by atoms with Crippen LogP contribution >= 0.6 is 0 Å². The van der Waals surface area contributed by atoms with E-state index in [-0.39, 0.29) is 16.4 Å². The van der Waals surface area contributed by atoms with E-state index in [4.69, 9.17) is 4.52 Å². The van der Waals surface area contributed by atoms with Crippen molar-refractivity contribution in [2.75, 3.05) is 4.72 Å². The molecule has 0 bridgehead atoms. The van der Waals surface area contributed by atoms with E-state index in [0.29, 0.717) is 17.7 Å². The average molecular weight is 311 g/mol. The zero-order valence-corrected chi connectivity index (χ0v) is 12.2. The van der Waals surface area contributed by atoms with Crippen molar-refractivity contribution in [3.63, 3.8) is 0 Å². The Morgan fingerprint density at radius 1 is 1.38 bits per heavy atom. The van der Waals surface area contributed by atoms with Gasteiger partial charge in [-0.25, -0.2) is 8.42 Å². The van der Waals surface area contributed by atoms with Gasteiger partial charge in [0.25, 0.3) is 15.7 Å². The van der Waals surface area contributed by atoms with Gasteiger partial charge in [-0.3, -0.25) is 14.8 Å². The van der Waals surface area contributed by atoms with Crippen molar-refractivity contribution < 1.29 is 17.9 Å². The minimum Gasteiger partial charge on any atom is -0.360 e. The molecule has 0 spiro atoms. The van der Waals surface area contributed by atoms with Crippen LogP contribution in [0.2, 0.25) is 0 Å². The molecule has 0 aliphatic heterocycles. The Kier molecular flexibility index (Phi) is 3.94. The molecule has 112 valence electrons. The van der Waals surface area contributed by atoms with Crippen LogP contribution < -0.4 is 4.72 Å². The van der Waals surface area contributed by atoms with Crippen LogP contribution in [0.25, 0.3) is 0 Å². The van der Waals surface area contributed by atoms with Crippen molar-refractivity contribution in [2.24, 2.45) is 0 Å². The fourth-order valence-electron chi connectivity index (χ4n) is 1.81. The normalized spacial score (nSPS) is 11.3. The van der Waals surface area contributed by atoms with Gasteiger partial charge in [-0.05, 0) is 18.9 Å². The van der Waals surface area contributed by atoms with E-state index in [1.54, 1.807) is 13.8 Å². The number of nitro groups is 1. The Balaban J connectivity index is 2.47. The third-order valence-corrected chi connectivity index (χ3v) is 4.24.